The Hall–Kier alpha value is -4.21. The standard InChI is InChI=1S/C26H29N3O7/c1-3-4-12-35-25(33)18-8-10-21(11-9-18)27-22(30)16-36-26(34)20-14-23(31)29(15-20)28-24(32)19-7-5-6-17(2)13-19/h5-11,13,20H,3-4,12,14-16H2,1-2H3,(H,27,30)(H,28,32)/t20-/m0/s1. The van der Waals surface area contributed by atoms with Crippen LogP contribution >= 0.6 is 0 Å². The summed E-state index contributed by atoms with van der Waals surface area (Å²) in [4.78, 5) is 61.1. The molecule has 1 heterocycles. The van der Waals surface area contributed by atoms with Crippen LogP contribution in [0.25, 0.3) is 0 Å². The lowest BCUT2D eigenvalue weighted by molar-refractivity contribution is -0.151. The van der Waals surface area contributed by atoms with Crippen molar-refractivity contribution in [1.82, 2.24) is 10.4 Å². The molecule has 2 aromatic rings. The Morgan fingerprint density at radius 1 is 1.03 bits per heavy atom. The Bertz CT molecular complexity index is 1130. The first-order valence-corrected chi connectivity index (χ1v) is 11.7. The average Bonchev–Trinajstić information content (AvgIpc) is 3.23. The highest BCUT2D eigenvalue weighted by molar-refractivity contribution is 5.97. The number of benzene rings is 2. The molecule has 1 saturated heterocycles. The van der Waals surface area contributed by atoms with Crippen molar-refractivity contribution in [3.63, 3.8) is 0 Å². The van der Waals surface area contributed by atoms with E-state index in [-0.39, 0.29) is 13.0 Å². The maximum atomic E-state index is 12.4. The van der Waals surface area contributed by atoms with Gasteiger partial charge < -0.3 is 14.8 Å². The number of rotatable bonds is 10. The lowest BCUT2D eigenvalue weighted by Gasteiger charge is -2.17. The van der Waals surface area contributed by atoms with Gasteiger partial charge >= 0.3 is 11.9 Å². The topological polar surface area (TPSA) is 131 Å². The lowest BCUT2D eigenvalue weighted by atomic mass is 10.1. The third-order valence-electron chi connectivity index (χ3n) is 5.46. The summed E-state index contributed by atoms with van der Waals surface area (Å²) in [6, 6.07) is 13.0. The number of nitrogens with one attached hydrogen (secondary N) is 2. The second-order valence-electron chi connectivity index (χ2n) is 8.44. The van der Waals surface area contributed by atoms with E-state index in [1.54, 1.807) is 30.3 Å². The number of esters is 2. The Kier molecular flexibility index (Phi) is 9.15. The smallest absolute Gasteiger partial charge is 0.338 e. The molecule has 36 heavy (non-hydrogen) atoms. The zero-order valence-electron chi connectivity index (χ0n) is 20.2. The quantitative estimate of drug-likeness (QED) is 0.383. The maximum Gasteiger partial charge on any atom is 0.338 e. The van der Waals surface area contributed by atoms with Crippen molar-refractivity contribution in [3.05, 3.63) is 65.2 Å². The molecule has 2 aromatic carbocycles. The second-order valence-corrected chi connectivity index (χ2v) is 8.44. The van der Waals surface area contributed by atoms with Gasteiger partial charge in [-0.15, -0.1) is 0 Å². The first-order valence-electron chi connectivity index (χ1n) is 11.7. The summed E-state index contributed by atoms with van der Waals surface area (Å²) in [5.41, 5.74) is 4.58. The fourth-order valence-electron chi connectivity index (χ4n) is 3.48. The van der Waals surface area contributed by atoms with E-state index in [4.69, 9.17) is 9.47 Å². The van der Waals surface area contributed by atoms with E-state index in [0.29, 0.717) is 23.4 Å². The molecule has 1 aliphatic rings. The normalized spacial score (nSPS) is 14.8. The molecule has 0 aromatic heterocycles. The number of carbonyl (C=O) groups excluding carboxylic acids is 5. The van der Waals surface area contributed by atoms with Crippen LogP contribution in [0.1, 0.15) is 52.5 Å². The number of nitrogens with zero attached hydrogens (tertiary/aromatic N) is 1. The van der Waals surface area contributed by atoms with Gasteiger partial charge in [-0.25, -0.2) is 4.79 Å². The third-order valence-corrected chi connectivity index (χ3v) is 5.46. The highest BCUT2D eigenvalue weighted by Crippen LogP contribution is 2.18. The number of hydrogen-bond donors (Lipinski definition) is 2. The molecule has 1 aliphatic heterocycles. The van der Waals surface area contributed by atoms with E-state index in [9.17, 15) is 24.0 Å². The molecule has 0 spiro atoms. The molecule has 1 atom stereocenters. The molecular formula is C26H29N3O7. The van der Waals surface area contributed by atoms with Crippen LogP contribution in [-0.2, 0) is 23.9 Å². The van der Waals surface area contributed by atoms with Gasteiger partial charge in [0.1, 0.15) is 0 Å². The van der Waals surface area contributed by atoms with Crippen LogP contribution in [0.15, 0.2) is 48.5 Å². The fraction of sp³-hybridized carbons (Fsp3) is 0.346. The molecule has 0 radical (unpaired) electrons. The number of aryl methyl sites for hydroxylation is 1. The van der Waals surface area contributed by atoms with Crippen LogP contribution in [-0.4, -0.2) is 54.4 Å². The van der Waals surface area contributed by atoms with Gasteiger partial charge in [0.25, 0.3) is 11.8 Å². The highest BCUT2D eigenvalue weighted by Gasteiger charge is 2.36. The molecule has 3 amide bonds. The monoisotopic (exact) mass is 495 g/mol. The molecule has 10 nitrogen and oxygen atoms in total. The van der Waals surface area contributed by atoms with Gasteiger partial charge in [0, 0.05) is 17.7 Å². The summed E-state index contributed by atoms with van der Waals surface area (Å²) in [5.74, 6) is -3.41. The number of unbranched alkanes of at least 4 members (excludes halogenated alkanes) is 1. The van der Waals surface area contributed by atoms with Crippen LogP contribution in [0.5, 0.6) is 0 Å². The van der Waals surface area contributed by atoms with E-state index in [1.165, 1.54) is 12.1 Å². The van der Waals surface area contributed by atoms with E-state index < -0.39 is 42.2 Å². The minimum Gasteiger partial charge on any atom is -0.462 e. The average molecular weight is 496 g/mol. The minimum atomic E-state index is -0.805. The molecule has 1 fully saturated rings. The molecule has 2 N–H and O–H groups in total. The van der Waals surface area contributed by atoms with Crippen LogP contribution in [0.4, 0.5) is 5.69 Å². The predicted octanol–water partition coefficient (Wildman–Crippen LogP) is 2.63. The number of amides is 3. The Labute approximate surface area is 208 Å². The van der Waals surface area contributed by atoms with Gasteiger partial charge in [-0.1, -0.05) is 31.0 Å². The Morgan fingerprint density at radius 3 is 2.47 bits per heavy atom. The van der Waals surface area contributed by atoms with Crippen LogP contribution in [0.3, 0.4) is 0 Å². The maximum absolute atomic E-state index is 12.4. The Morgan fingerprint density at radius 2 is 1.78 bits per heavy atom. The van der Waals surface area contributed by atoms with Crippen molar-refractivity contribution in [3.8, 4) is 0 Å². The van der Waals surface area contributed by atoms with Gasteiger partial charge in [0.2, 0.25) is 5.91 Å². The van der Waals surface area contributed by atoms with Gasteiger partial charge in [-0.05, 0) is 49.7 Å². The highest BCUT2D eigenvalue weighted by atomic mass is 16.5. The van der Waals surface area contributed by atoms with Gasteiger partial charge in [-0.2, -0.15) is 0 Å². The summed E-state index contributed by atoms with van der Waals surface area (Å²) in [7, 11) is 0. The lowest BCUT2D eigenvalue weighted by Crippen LogP contribution is -2.43. The van der Waals surface area contributed by atoms with Crippen molar-refractivity contribution in [2.45, 2.75) is 33.1 Å². The second kappa shape index (κ2) is 12.5. The van der Waals surface area contributed by atoms with Crippen LogP contribution < -0.4 is 10.7 Å². The van der Waals surface area contributed by atoms with Crippen molar-refractivity contribution in [1.29, 1.82) is 0 Å². The summed E-state index contributed by atoms with van der Waals surface area (Å²) in [6.45, 7) is 3.60. The summed E-state index contributed by atoms with van der Waals surface area (Å²) in [5, 5.41) is 3.66. The Balaban J connectivity index is 1.43. The van der Waals surface area contributed by atoms with Gasteiger partial charge in [0.15, 0.2) is 6.61 Å². The third kappa shape index (κ3) is 7.39. The number of ether oxygens (including phenoxy) is 2. The van der Waals surface area contributed by atoms with E-state index in [0.717, 1.165) is 23.4 Å². The number of anilines is 1. The summed E-state index contributed by atoms with van der Waals surface area (Å²) >= 11 is 0. The van der Waals surface area contributed by atoms with E-state index >= 15 is 0 Å². The molecular weight excluding hydrogens is 466 g/mol. The van der Waals surface area contributed by atoms with E-state index in [1.807, 2.05) is 19.9 Å². The molecule has 0 saturated carbocycles. The fourth-order valence-corrected chi connectivity index (χ4v) is 3.48. The minimum absolute atomic E-state index is 0.0489. The van der Waals surface area contributed by atoms with Crippen molar-refractivity contribution in [2.75, 3.05) is 25.1 Å². The van der Waals surface area contributed by atoms with Crippen LogP contribution in [0, 0.1) is 12.8 Å². The largest absolute Gasteiger partial charge is 0.462 e. The predicted molar refractivity (Wildman–Crippen MR) is 130 cm³/mol. The van der Waals surface area contributed by atoms with E-state index in [2.05, 4.69) is 10.7 Å². The summed E-state index contributed by atoms with van der Waals surface area (Å²) in [6.07, 6.45) is 1.57. The van der Waals surface area contributed by atoms with Gasteiger partial charge in [-0.3, -0.25) is 29.6 Å². The number of carbonyl (C=O) groups is 5. The molecule has 3 rings (SSSR count). The zero-order chi connectivity index (χ0) is 26.1. The first kappa shape index (κ1) is 26.4. The molecule has 0 aliphatic carbocycles. The van der Waals surface area contributed by atoms with Crippen molar-refractivity contribution in [2.24, 2.45) is 5.92 Å². The molecule has 190 valence electrons. The molecule has 0 unspecified atom stereocenters. The number of hydrogen-bond acceptors (Lipinski definition) is 7. The first-order chi connectivity index (χ1) is 17.3. The molecule has 0 bridgehead atoms. The molecule has 10 heteroatoms. The number of hydrazine groups is 1. The summed E-state index contributed by atoms with van der Waals surface area (Å²) < 4.78 is 10.2. The zero-order valence-corrected chi connectivity index (χ0v) is 20.2. The SMILES string of the molecule is CCCCOC(=O)c1ccc(NC(=O)COC(=O)[C@H]2CC(=O)N(NC(=O)c3cccc(C)c3)C2)cc1. The van der Waals surface area contributed by atoms with Crippen LogP contribution in [0.2, 0.25) is 0 Å². The van der Waals surface area contributed by atoms with Gasteiger partial charge in [0.05, 0.1) is 24.6 Å². The van der Waals surface area contributed by atoms with Crippen molar-refractivity contribution >= 4 is 35.3 Å². The van der Waals surface area contributed by atoms with Crippen molar-refractivity contribution < 1.29 is 33.4 Å².